The second-order valence-corrected chi connectivity index (χ2v) is 5.20. The van der Waals surface area contributed by atoms with Crippen molar-refractivity contribution < 1.29 is 4.42 Å². The lowest BCUT2D eigenvalue weighted by molar-refractivity contribution is 0.672. The van der Waals surface area contributed by atoms with Gasteiger partial charge in [0.05, 0.1) is 0 Å². The summed E-state index contributed by atoms with van der Waals surface area (Å²) in [5.74, 6) is 0. The molecule has 0 saturated carbocycles. The van der Waals surface area contributed by atoms with Crippen LogP contribution in [0.2, 0.25) is 0 Å². The zero-order chi connectivity index (χ0) is 13.0. The predicted molar refractivity (Wildman–Crippen MR) is 80.7 cm³/mol. The Morgan fingerprint density at radius 3 is 2.42 bits per heavy atom. The van der Waals surface area contributed by atoms with Gasteiger partial charge in [-0.1, -0.05) is 30.3 Å². The molecule has 0 aliphatic heterocycles. The quantitative estimate of drug-likeness (QED) is 0.407. The number of hydrogen-bond donors (Lipinski definition) is 0. The highest BCUT2D eigenvalue weighted by molar-refractivity contribution is 6.15. The van der Waals surface area contributed by atoms with Crippen LogP contribution in [0.1, 0.15) is 11.1 Å². The van der Waals surface area contributed by atoms with Crippen LogP contribution < -0.4 is 0 Å². The second kappa shape index (κ2) is 3.61. The summed E-state index contributed by atoms with van der Waals surface area (Å²) in [6, 6.07) is 17.1. The summed E-state index contributed by atoms with van der Waals surface area (Å²) in [6.07, 6.45) is 0. The highest BCUT2D eigenvalue weighted by Gasteiger charge is 2.10. The zero-order valence-electron chi connectivity index (χ0n) is 11.0. The van der Waals surface area contributed by atoms with Gasteiger partial charge in [0.2, 0.25) is 0 Å². The maximum atomic E-state index is 6.10. The number of hydrogen-bond acceptors (Lipinski definition) is 1. The molecule has 4 rings (SSSR count). The number of aryl methyl sites for hydroxylation is 2. The summed E-state index contributed by atoms with van der Waals surface area (Å²) in [6.45, 7) is 4.27. The maximum Gasteiger partial charge on any atom is 0.143 e. The van der Waals surface area contributed by atoms with Crippen molar-refractivity contribution in [2.24, 2.45) is 0 Å². The van der Waals surface area contributed by atoms with Crippen molar-refractivity contribution >= 4 is 32.7 Å². The molecule has 92 valence electrons. The van der Waals surface area contributed by atoms with E-state index in [0.717, 1.165) is 11.2 Å². The molecule has 1 heterocycles. The van der Waals surface area contributed by atoms with Gasteiger partial charge in [0.1, 0.15) is 11.2 Å². The van der Waals surface area contributed by atoms with Crippen LogP contribution in [0, 0.1) is 13.8 Å². The molecular formula is C18H14O. The topological polar surface area (TPSA) is 13.1 Å². The third-order valence-corrected chi connectivity index (χ3v) is 3.98. The first-order valence-electron chi connectivity index (χ1n) is 6.55. The van der Waals surface area contributed by atoms with Gasteiger partial charge in [0.15, 0.2) is 0 Å². The van der Waals surface area contributed by atoms with E-state index in [-0.39, 0.29) is 0 Å². The lowest BCUT2D eigenvalue weighted by atomic mass is 10.0. The number of rotatable bonds is 0. The minimum absolute atomic E-state index is 0.981. The minimum atomic E-state index is 0.981. The molecule has 1 nitrogen and oxygen atoms in total. The molecule has 4 aromatic rings. The summed E-state index contributed by atoms with van der Waals surface area (Å²) in [7, 11) is 0. The molecule has 0 aliphatic rings. The maximum absolute atomic E-state index is 6.10. The largest absolute Gasteiger partial charge is 0.455 e. The predicted octanol–water partition coefficient (Wildman–Crippen LogP) is 5.36. The molecule has 0 radical (unpaired) electrons. The summed E-state index contributed by atoms with van der Waals surface area (Å²) < 4.78 is 6.10. The van der Waals surface area contributed by atoms with E-state index in [9.17, 15) is 0 Å². The summed E-state index contributed by atoms with van der Waals surface area (Å²) in [4.78, 5) is 0. The fourth-order valence-electron chi connectivity index (χ4n) is 2.76. The molecule has 0 fully saturated rings. The van der Waals surface area contributed by atoms with Gasteiger partial charge < -0.3 is 4.42 Å². The molecule has 0 unspecified atom stereocenters. The van der Waals surface area contributed by atoms with E-state index in [1.165, 1.54) is 32.7 Å². The highest BCUT2D eigenvalue weighted by Crippen LogP contribution is 2.34. The van der Waals surface area contributed by atoms with Gasteiger partial charge in [-0.15, -0.1) is 0 Å². The molecule has 19 heavy (non-hydrogen) atoms. The Hall–Kier alpha value is -2.28. The standard InChI is InChI=1S/C18H14O/c1-11-9-16-15-8-7-13-5-3-4-6-14(13)18(15)19-17(16)10-12(11)2/h3-10H,1-2H3. The molecule has 0 amide bonds. The van der Waals surface area contributed by atoms with Crippen molar-refractivity contribution in [2.45, 2.75) is 13.8 Å². The third-order valence-electron chi connectivity index (χ3n) is 3.98. The van der Waals surface area contributed by atoms with Crippen LogP contribution in [0.25, 0.3) is 32.7 Å². The average molecular weight is 246 g/mol. The van der Waals surface area contributed by atoms with E-state index in [0.29, 0.717) is 0 Å². The Bertz CT molecular complexity index is 929. The Kier molecular flexibility index (Phi) is 2.02. The van der Waals surface area contributed by atoms with E-state index in [1.54, 1.807) is 0 Å². The van der Waals surface area contributed by atoms with Crippen LogP contribution >= 0.6 is 0 Å². The van der Waals surface area contributed by atoms with Crippen LogP contribution in [-0.4, -0.2) is 0 Å². The molecule has 0 aliphatic carbocycles. The van der Waals surface area contributed by atoms with E-state index in [2.05, 4.69) is 62.4 Å². The van der Waals surface area contributed by atoms with Crippen molar-refractivity contribution in [2.75, 3.05) is 0 Å². The Morgan fingerprint density at radius 2 is 1.53 bits per heavy atom. The first-order chi connectivity index (χ1) is 9.24. The number of fused-ring (bicyclic) bond motifs is 5. The van der Waals surface area contributed by atoms with Crippen molar-refractivity contribution in [3.05, 3.63) is 59.7 Å². The first-order valence-corrected chi connectivity index (χ1v) is 6.55. The Labute approximate surface area is 111 Å². The Morgan fingerprint density at radius 1 is 0.737 bits per heavy atom. The lowest BCUT2D eigenvalue weighted by Gasteiger charge is -1.98. The summed E-state index contributed by atoms with van der Waals surface area (Å²) in [5, 5.41) is 4.83. The SMILES string of the molecule is Cc1cc2oc3c4ccccc4ccc3c2cc1C. The molecule has 0 spiro atoms. The van der Waals surface area contributed by atoms with Crippen molar-refractivity contribution in [3.63, 3.8) is 0 Å². The van der Waals surface area contributed by atoms with E-state index < -0.39 is 0 Å². The van der Waals surface area contributed by atoms with Crippen molar-refractivity contribution in [1.29, 1.82) is 0 Å². The average Bonchev–Trinajstić information content (AvgIpc) is 2.77. The molecule has 1 heteroatoms. The second-order valence-electron chi connectivity index (χ2n) is 5.20. The zero-order valence-corrected chi connectivity index (χ0v) is 11.0. The van der Waals surface area contributed by atoms with Crippen LogP contribution in [-0.2, 0) is 0 Å². The summed E-state index contributed by atoms with van der Waals surface area (Å²) >= 11 is 0. The van der Waals surface area contributed by atoms with Crippen LogP contribution in [0.15, 0.2) is 52.9 Å². The molecule has 0 N–H and O–H groups in total. The molecule has 1 aromatic heterocycles. The van der Waals surface area contributed by atoms with Gasteiger partial charge in [-0.05, 0) is 48.6 Å². The lowest BCUT2D eigenvalue weighted by Crippen LogP contribution is -1.78. The van der Waals surface area contributed by atoms with Gasteiger partial charge in [-0.3, -0.25) is 0 Å². The van der Waals surface area contributed by atoms with Crippen molar-refractivity contribution in [1.82, 2.24) is 0 Å². The van der Waals surface area contributed by atoms with E-state index in [1.807, 2.05) is 0 Å². The van der Waals surface area contributed by atoms with Gasteiger partial charge in [-0.2, -0.15) is 0 Å². The van der Waals surface area contributed by atoms with Crippen LogP contribution in [0.3, 0.4) is 0 Å². The molecule has 3 aromatic carbocycles. The summed E-state index contributed by atoms with van der Waals surface area (Å²) in [5.41, 5.74) is 4.56. The van der Waals surface area contributed by atoms with Crippen LogP contribution in [0.4, 0.5) is 0 Å². The molecule has 0 atom stereocenters. The fraction of sp³-hybridized carbons (Fsp3) is 0.111. The fourth-order valence-corrected chi connectivity index (χ4v) is 2.76. The number of benzene rings is 3. The third kappa shape index (κ3) is 1.42. The normalized spacial score (nSPS) is 11.7. The van der Waals surface area contributed by atoms with E-state index >= 15 is 0 Å². The van der Waals surface area contributed by atoms with Gasteiger partial charge in [-0.25, -0.2) is 0 Å². The molecular weight excluding hydrogens is 232 g/mol. The van der Waals surface area contributed by atoms with Gasteiger partial charge in [0, 0.05) is 16.2 Å². The van der Waals surface area contributed by atoms with E-state index in [4.69, 9.17) is 4.42 Å². The van der Waals surface area contributed by atoms with Crippen LogP contribution in [0.5, 0.6) is 0 Å². The molecule has 0 bridgehead atoms. The Balaban J connectivity index is 2.27. The monoisotopic (exact) mass is 246 g/mol. The minimum Gasteiger partial charge on any atom is -0.455 e. The smallest absolute Gasteiger partial charge is 0.143 e. The molecule has 0 saturated heterocycles. The van der Waals surface area contributed by atoms with Gasteiger partial charge >= 0.3 is 0 Å². The number of furan rings is 1. The van der Waals surface area contributed by atoms with Crippen molar-refractivity contribution in [3.8, 4) is 0 Å². The highest BCUT2D eigenvalue weighted by atomic mass is 16.3. The first kappa shape index (κ1) is 10.6. The van der Waals surface area contributed by atoms with Gasteiger partial charge in [0.25, 0.3) is 0 Å².